The fraction of sp³-hybridized carbons (Fsp3) is 0.211. The van der Waals surface area contributed by atoms with E-state index in [-0.39, 0.29) is 12.3 Å². The van der Waals surface area contributed by atoms with E-state index in [4.69, 9.17) is 4.74 Å². The van der Waals surface area contributed by atoms with Crippen LogP contribution < -0.4 is 5.32 Å². The summed E-state index contributed by atoms with van der Waals surface area (Å²) in [6.07, 6.45) is -0.832. The van der Waals surface area contributed by atoms with Crippen molar-refractivity contribution >= 4 is 40.2 Å². The topological polar surface area (TPSA) is 68.3 Å². The third-order valence-corrected chi connectivity index (χ3v) is 5.27. The smallest absolute Gasteiger partial charge is 0.312 e. The van der Waals surface area contributed by atoms with Gasteiger partial charge in [0.25, 0.3) is 5.91 Å². The fourth-order valence-electron chi connectivity index (χ4n) is 2.23. The maximum Gasteiger partial charge on any atom is 0.312 e. The molecule has 2 heterocycles. The fourth-order valence-corrected chi connectivity index (χ4v) is 3.76. The molecule has 0 aliphatic carbocycles. The van der Waals surface area contributed by atoms with Gasteiger partial charge in [-0.05, 0) is 37.4 Å². The predicted octanol–water partition coefficient (Wildman–Crippen LogP) is 4.29. The molecule has 0 fully saturated rings. The number of nitrogens with zero attached hydrogens (tertiary/aromatic N) is 1. The molecular formula is C19H18N2O3S2. The molecular weight excluding hydrogens is 368 g/mol. The summed E-state index contributed by atoms with van der Waals surface area (Å²) in [5.74, 6) is -0.835. The quantitative estimate of drug-likeness (QED) is 0.642. The highest BCUT2D eigenvalue weighted by Crippen LogP contribution is 2.25. The van der Waals surface area contributed by atoms with E-state index in [0.29, 0.717) is 11.4 Å². The third kappa shape index (κ3) is 4.77. The summed E-state index contributed by atoms with van der Waals surface area (Å²) < 4.78 is 5.23. The summed E-state index contributed by atoms with van der Waals surface area (Å²) >= 11 is 3.09. The highest BCUT2D eigenvalue weighted by molar-refractivity contribution is 7.14. The average Bonchev–Trinajstić information content (AvgIpc) is 3.28. The van der Waals surface area contributed by atoms with Gasteiger partial charge in [-0.1, -0.05) is 17.7 Å². The molecule has 1 N–H and O–H groups in total. The summed E-state index contributed by atoms with van der Waals surface area (Å²) in [6, 6.07) is 9.41. The summed E-state index contributed by atoms with van der Waals surface area (Å²) in [5, 5.41) is 9.44. The molecule has 0 saturated carbocycles. The summed E-state index contributed by atoms with van der Waals surface area (Å²) in [7, 11) is 0. The van der Waals surface area contributed by atoms with Crippen molar-refractivity contribution in [3.63, 3.8) is 0 Å². The Morgan fingerprint density at radius 2 is 1.96 bits per heavy atom. The van der Waals surface area contributed by atoms with Gasteiger partial charge in [0.1, 0.15) is 5.01 Å². The van der Waals surface area contributed by atoms with Gasteiger partial charge in [-0.2, -0.15) is 11.3 Å². The molecule has 2 aromatic heterocycles. The first-order valence-electron chi connectivity index (χ1n) is 8.05. The van der Waals surface area contributed by atoms with Gasteiger partial charge in [-0.25, -0.2) is 4.98 Å². The van der Waals surface area contributed by atoms with Crippen LogP contribution in [0.25, 0.3) is 10.6 Å². The normalized spacial score (nSPS) is 11.8. The lowest BCUT2D eigenvalue weighted by atomic mass is 10.2. The van der Waals surface area contributed by atoms with Gasteiger partial charge in [0.15, 0.2) is 6.10 Å². The van der Waals surface area contributed by atoms with Crippen molar-refractivity contribution in [3.8, 4) is 10.6 Å². The lowest BCUT2D eigenvalue weighted by molar-refractivity contribution is -0.152. The van der Waals surface area contributed by atoms with Gasteiger partial charge in [-0.15, -0.1) is 11.3 Å². The number of amides is 1. The standard InChI is InChI=1S/C19H18N2O3S2/c1-12-3-5-15(6-4-12)20-18(23)13(2)24-17(22)9-16-11-26-19(21-16)14-7-8-25-10-14/h3-8,10-11,13H,9H2,1-2H3,(H,20,23)/t13-/m1/s1. The number of benzene rings is 1. The molecule has 0 aliphatic rings. The first kappa shape index (κ1) is 18.3. The van der Waals surface area contributed by atoms with Gasteiger partial charge in [0, 0.05) is 22.0 Å². The zero-order valence-corrected chi connectivity index (χ0v) is 16.0. The van der Waals surface area contributed by atoms with E-state index in [0.717, 1.165) is 16.1 Å². The van der Waals surface area contributed by atoms with Crippen LogP contribution in [0.2, 0.25) is 0 Å². The molecule has 3 rings (SSSR count). The van der Waals surface area contributed by atoms with Crippen molar-refractivity contribution in [2.75, 3.05) is 5.32 Å². The first-order chi connectivity index (χ1) is 12.5. The van der Waals surface area contributed by atoms with E-state index < -0.39 is 12.1 Å². The Morgan fingerprint density at radius 1 is 1.19 bits per heavy atom. The Labute approximate surface area is 159 Å². The van der Waals surface area contributed by atoms with Crippen molar-refractivity contribution in [3.05, 3.63) is 57.7 Å². The Kier molecular flexibility index (Phi) is 5.80. The monoisotopic (exact) mass is 386 g/mol. The Morgan fingerprint density at radius 3 is 2.65 bits per heavy atom. The highest BCUT2D eigenvalue weighted by atomic mass is 32.1. The zero-order chi connectivity index (χ0) is 18.5. The Bertz CT molecular complexity index is 886. The molecule has 0 saturated heterocycles. The van der Waals surface area contributed by atoms with Crippen LogP contribution in [-0.4, -0.2) is 23.0 Å². The van der Waals surface area contributed by atoms with Crippen LogP contribution in [0.5, 0.6) is 0 Å². The van der Waals surface area contributed by atoms with E-state index in [1.165, 1.54) is 11.3 Å². The van der Waals surface area contributed by atoms with Crippen LogP contribution in [0.3, 0.4) is 0 Å². The van der Waals surface area contributed by atoms with Crippen LogP contribution in [0, 0.1) is 6.92 Å². The van der Waals surface area contributed by atoms with Gasteiger partial charge in [0.05, 0.1) is 12.1 Å². The largest absolute Gasteiger partial charge is 0.452 e. The molecule has 134 valence electrons. The first-order valence-corrected chi connectivity index (χ1v) is 9.87. The van der Waals surface area contributed by atoms with Crippen molar-refractivity contribution in [2.24, 2.45) is 0 Å². The number of nitrogens with one attached hydrogen (secondary N) is 1. The minimum atomic E-state index is -0.876. The van der Waals surface area contributed by atoms with E-state index in [1.54, 1.807) is 18.3 Å². The molecule has 5 nitrogen and oxygen atoms in total. The number of thiazole rings is 1. The SMILES string of the molecule is Cc1ccc(NC(=O)[C@@H](C)OC(=O)Cc2csc(-c3ccsc3)n2)cc1. The number of carbonyl (C=O) groups is 2. The molecule has 1 aromatic carbocycles. The number of aromatic nitrogens is 1. The number of ether oxygens (including phenoxy) is 1. The average molecular weight is 386 g/mol. The second-order valence-electron chi connectivity index (χ2n) is 5.82. The van der Waals surface area contributed by atoms with E-state index in [1.807, 2.05) is 53.4 Å². The van der Waals surface area contributed by atoms with Gasteiger partial charge < -0.3 is 10.1 Å². The van der Waals surface area contributed by atoms with Gasteiger partial charge >= 0.3 is 5.97 Å². The van der Waals surface area contributed by atoms with Crippen LogP contribution >= 0.6 is 22.7 Å². The van der Waals surface area contributed by atoms with E-state index >= 15 is 0 Å². The summed E-state index contributed by atoms with van der Waals surface area (Å²) in [4.78, 5) is 28.7. The van der Waals surface area contributed by atoms with Gasteiger partial charge in [-0.3, -0.25) is 9.59 Å². The number of thiophene rings is 1. The lowest BCUT2D eigenvalue weighted by Crippen LogP contribution is -2.30. The second kappa shape index (κ2) is 8.25. The predicted molar refractivity (Wildman–Crippen MR) is 104 cm³/mol. The molecule has 0 radical (unpaired) electrons. The van der Waals surface area contributed by atoms with Crippen LogP contribution in [0.15, 0.2) is 46.5 Å². The maximum absolute atomic E-state index is 12.1. The number of hydrogen-bond donors (Lipinski definition) is 1. The number of anilines is 1. The molecule has 0 aliphatic heterocycles. The number of carbonyl (C=O) groups excluding carboxylic acids is 2. The molecule has 0 bridgehead atoms. The Balaban J connectivity index is 1.52. The highest BCUT2D eigenvalue weighted by Gasteiger charge is 2.19. The number of esters is 1. The minimum Gasteiger partial charge on any atom is -0.452 e. The molecule has 7 heteroatoms. The summed E-state index contributed by atoms with van der Waals surface area (Å²) in [5.41, 5.74) is 3.47. The molecule has 0 spiro atoms. The minimum absolute atomic E-state index is 0.0444. The molecule has 0 unspecified atom stereocenters. The van der Waals surface area contributed by atoms with Gasteiger partial charge in [0.2, 0.25) is 0 Å². The third-order valence-electron chi connectivity index (χ3n) is 3.64. The zero-order valence-electron chi connectivity index (χ0n) is 14.4. The van der Waals surface area contributed by atoms with Crippen LogP contribution in [0.1, 0.15) is 18.2 Å². The lowest BCUT2D eigenvalue weighted by Gasteiger charge is -2.13. The van der Waals surface area contributed by atoms with Crippen LogP contribution in [-0.2, 0) is 20.7 Å². The van der Waals surface area contributed by atoms with Crippen molar-refractivity contribution in [1.82, 2.24) is 4.98 Å². The summed E-state index contributed by atoms with van der Waals surface area (Å²) in [6.45, 7) is 3.53. The molecule has 1 atom stereocenters. The van der Waals surface area contributed by atoms with Crippen molar-refractivity contribution in [2.45, 2.75) is 26.4 Å². The number of hydrogen-bond acceptors (Lipinski definition) is 6. The second-order valence-corrected chi connectivity index (χ2v) is 7.46. The number of rotatable bonds is 6. The maximum atomic E-state index is 12.1. The van der Waals surface area contributed by atoms with Crippen molar-refractivity contribution in [1.29, 1.82) is 0 Å². The molecule has 26 heavy (non-hydrogen) atoms. The van der Waals surface area contributed by atoms with E-state index in [2.05, 4.69) is 10.3 Å². The Hall–Kier alpha value is -2.51. The van der Waals surface area contributed by atoms with E-state index in [9.17, 15) is 9.59 Å². The number of aryl methyl sites for hydroxylation is 1. The molecule has 1 amide bonds. The van der Waals surface area contributed by atoms with Crippen molar-refractivity contribution < 1.29 is 14.3 Å². The molecule has 3 aromatic rings. The van der Waals surface area contributed by atoms with Crippen LogP contribution in [0.4, 0.5) is 5.69 Å².